The van der Waals surface area contributed by atoms with E-state index in [2.05, 4.69) is 311 Å². The van der Waals surface area contributed by atoms with Crippen LogP contribution < -0.4 is 0 Å². The molecule has 0 aliphatic rings. The summed E-state index contributed by atoms with van der Waals surface area (Å²) in [7, 11) is 0. The Labute approximate surface area is 616 Å². The molecule has 12 aromatic rings. The molecule has 0 saturated carbocycles. The standard InChI is InChI=1S/6C16H21N/c2*1-8-9(2)13(6)16-15(11(8)4)12(5)10(3)14(7)17-16;4*1-8-9(2)11(4)16-14(7)17-13(6)12(5)15(16)10(8)3/h6*1-7H3. The van der Waals surface area contributed by atoms with Crippen molar-refractivity contribution < 1.29 is 0 Å². The lowest BCUT2D eigenvalue weighted by Crippen LogP contribution is -2.01. The van der Waals surface area contributed by atoms with Gasteiger partial charge < -0.3 is 0 Å². The second-order valence-electron chi connectivity index (χ2n) is 31.0. The van der Waals surface area contributed by atoms with Crippen LogP contribution >= 0.6 is 0 Å². The number of aryl methyl sites for hydroxylation is 28. The Morgan fingerprint density at radius 2 is 0.216 bits per heavy atom. The van der Waals surface area contributed by atoms with E-state index in [1.165, 1.54) is 243 Å². The molecule has 6 aromatic carbocycles. The lowest BCUT2D eigenvalue weighted by molar-refractivity contribution is 1.10. The van der Waals surface area contributed by atoms with E-state index in [1.54, 1.807) is 0 Å². The Morgan fingerprint density at radius 1 is 0.0882 bits per heavy atom. The van der Waals surface area contributed by atoms with Crippen LogP contribution in [0.3, 0.4) is 0 Å². The van der Waals surface area contributed by atoms with Crippen molar-refractivity contribution in [3.63, 3.8) is 0 Å². The molecule has 0 saturated heterocycles. The zero-order chi connectivity index (χ0) is 77.4. The molecule has 0 radical (unpaired) electrons. The fourth-order valence-corrected chi connectivity index (χ4v) is 16.4. The first kappa shape index (κ1) is 81.1. The maximum atomic E-state index is 4.80. The summed E-state index contributed by atoms with van der Waals surface area (Å²) in [6.45, 7) is 91.8. The average molecular weight is 1360 g/mol. The van der Waals surface area contributed by atoms with E-state index in [0.717, 1.165) is 56.9 Å². The van der Waals surface area contributed by atoms with Crippen molar-refractivity contribution in [1.82, 2.24) is 29.9 Å². The minimum absolute atomic E-state index is 1.15. The highest BCUT2D eigenvalue weighted by atomic mass is 14.7. The fraction of sp³-hybridized carbons (Fsp3) is 0.438. The van der Waals surface area contributed by atoms with E-state index in [1.807, 2.05) is 0 Å². The highest BCUT2D eigenvalue weighted by Gasteiger charge is 2.21. The molecule has 0 aliphatic heterocycles. The maximum Gasteiger partial charge on any atom is 0.0742 e. The zero-order valence-electron chi connectivity index (χ0n) is 71.7. The molecule has 540 valence electrons. The van der Waals surface area contributed by atoms with Gasteiger partial charge in [0.2, 0.25) is 0 Å². The van der Waals surface area contributed by atoms with Crippen LogP contribution in [-0.4, -0.2) is 29.9 Å². The number of nitrogens with zero attached hydrogens (tertiary/aromatic N) is 6. The monoisotopic (exact) mass is 1360 g/mol. The SMILES string of the molecule is Cc1nc(C)c2c(C)c(C)c(C)c(C)c2c1C.Cc1nc(C)c2c(C)c(C)c(C)c(C)c2c1C.Cc1nc(C)c2c(C)c(C)c(C)c(C)c2c1C.Cc1nc(C)c2c(C)c(C)c(C)c(C)c2c1C.Cc1nc2c(C)c(C)c(C)c(C)c2c(C)c1C.Cc1nc2c(C)c(C)c(C)c(C)c2c(C)c1C. The van der Waals surface area contributed by atoms with E-state index >= 15 is 0 Å². The molecule has 6 heteroatoms. The number of benzene rings is 6. The van der Waals surface area contributed by atoms with Crippen LogP contribution in [0, 0.1) is 291 Å². The lowest BCUT2D eigenvalue weighted by Gasteiger charge is -2.18. The summed E-state index contributed by atoms with van der Waals surface area (Å²) in [6, 6.07) is 0. The number of pyridine rings is 6. The van der Waals surface area contributed by atoms with Gasteiger partial charge in [0.1, 0.15) is 0 Å². The quantitative estimate of drug-likeness (QED) is 0.151. The molecule has 6 heterocycles. The van der Waals surface area contributed by atoms with Crippen LogP contribution in [0.2, 0.25) is 0 Å². The third-order valence-corrected chi connectivity index (χ3v) is 26.0. The molecule has 0 bridgehead atoms. The molecular weight excluding hydrogens is 1240 g/mol. The summed E-state index contributed by atoms with van der Waals surface area (Å²) in [5.74, 6) is 0. The molecule has 6 aromatic heterocycles. The van der Waals surface area contributed by atoms with Crippen LogP contribution in [0.1, 0.15) is 235 Å². The van der Waals surface area contributed by atoms with Crippen LogP contribution in [0.5, 0.6) is 0 Å². The van der Waals surface area contributed by atoms with Crippen LogP contribution in [0.4, 0.5) is 0 Å². The van der Waals surface area contributed by atoms with E-state index in [9.17, 15) is 0 Å². The predicted molar refractivity (Wildman–Crippen MR) is 449 cm³/mol. The van der Waals surface area contributed by atoms with E-state index in [-0.39, 0.29) is 0 Å². The fourth-order valence-electron chi connectivity index (χ4n) is 16.4. The summed E-state index contributed by atoms with van der Waals surface area (Å²) in [5.41, 5.74) is 58.1. The van der Waals surface area contributed by atoms with Gasteiger partial charge >= 0.3 is 0 Å². The average Bonchev–Trinajstić information content (AvgIpc) is 0.788. The van der Waals surface area contributed by atoms with Crippen molar-refractivity contribution >= 4 is 64.9 Å². The Kier molecular flexibility index (Phi) is 24.3. The first-order chi connectivity index (χ1) is 47.1. The summed E-state index contributed by atoms with van der Waals surface area (Å²) < 4.78 is 0. The molecule has 0 N–H and O–H groups in total. The van der Waals surface area contributed by atoms with Crippen molar-refractivity contribution in [2.24, 2.45) is 0 Å². The highest BCUT2D eigenvalue weighted by Crippen LogP contribution is 2.40. The molecule has 0 unspecified atom stereocenters. The van der Waals surface area contributed by atoms with Crippen molar-refractivity contribution in [3.05, 3.63) is 235 Å². The Balaban J connectivity index is 0.000000172. The van der Waals surface area contributed by atoms with Crippen LogP contribution in [-0.2, 0) is 0 Å². The third kappa shape index (κ3) is 14.1. The largest absolute Gasteiger partial charge is 0.258 e. The third-order valence-electron chi connectivity index (χ3n) is 26.0. The van der Waals surface area contributed by atoms with Gasteiger partial charge in [0.25, 0.3) is 0 Å². The number of hydrogen-bond acceptors (Lipinski definition) is 6. The van der Waals surface area contributed by atoms with Crippen molar-refractivity contribution in [2.45, 2.75) is 291 Å². The Hall–Kier alpha value is -8.22. The van der Waals surface area contributed by atoms with Crippen molar-refractivity contribution in [1.29, 1.82) is 0 Å². The summed E-state index contributed by atoms with van der Waals surface area (Å²) in [6.07, 6.45) is 0. The highest BCUT2D eigenvalue weighted by molar-refractivity contribution is 5.99. The normalized spacial score (nSPS) is 11.2. The Bertz CT molecular complexity index is 4860. The smallest absolute Gasteiger partial charge is 0.0742 e. The van der Waals surface area contributed by atoms with Crippen LogP contribution in [0.15, 0.2) is 0 Å². The van der Waals surface area contributed by atoms with E-state index in [4.69, 9.17) is 9.97 Å². The van der Waals surface area contributed by atoms with Crippen molar-refractivity contribution in [2.75, 3.05) is 0 Å². The predicted octanol–water partition coefficient (Wildman–Crippen LogP) is 26.4. The van der Waals surface area contributed by atoms with Gasteiger partial charge in [-0.2, -0.15) is 0 Å². The van der Waals surface area contributed by atoms with Gasteiger partial charge in [-0.15, -0.1) is 0 Å². The van der Waals surface area contributed by atoms with Gasteiger partial charge in [0.05, 0.1) is 11.0 Å². The van der Waals surface area contributed by atoms with Crippen LogP contribution in [0.25, 0.3) is 64.9 Å². The molecule has 6 nitrogen and oxygen atoms in total. The molecule has 0 aliphatic carbocycles. The van der Waals surface area contributed by atoms with E-state index < -0.39 is 0 Å². The molecular formula is C96H126N6. The number of fused-ring (bicyclic) bond motifs is 6. The van der Waals surface area contributed by atoms with Gasteiger partial charge in [-0.1, -0.05) is 0 Å². The van der Waals surface area contributed by atoms with Crippen molar-refractivity contribution in [3.8, 4) is 0 Å². The zero-order valence-corrected chi connectivity index (χ0v) is 71.7. The first-order valence-corrected chi connectivity index (χ1v) is 37.2. The topological polar surface area (TPSA) is 77.3 Å². The second kappa shape index (κ2) is 30.6. The van der Waals surface area contributed by atoms with Gasteiger partial charge in [0.15, 0.2) is 0 Å². The maximum absolute atomic E-state index is 4.80. The number of rotatable bonds is 0. The molecule has 0 spiro atoms. The number of hydrogen-bond donors (Lipinski definition) is 0. The molecule has 0 amide bonds. The summed E-state index contributed by atoms with van der Waals surface area (Å²) >= 11 is 0. The second-order valence-corrected chi connectivity index (χ2v) is 31.0. The molecule has 0 atom stereocenters. The molecule has 0 fully saturated rings. The first-order valence-electron chi connectivity index (χ1n) is 37.2. The summed E-state index contributed by atoms with van der Waals surface area (Å²) in [4.78, 5) is 28.3. The minimum Gasteiger partial charge on any atom is -0.258 e. The van der Waals surface area contributed by atoms with Gasteiger partial charge in [-0.3, -0.25) is 29.9 Å². The minimum atomic E-state index is 1.15. The van der Waals surface area contributed by atoms with Gasteiger partial charge in [-0.05, 0) is 490 Å². The van der Waals surface area contributed by atoms with Gasteiger partial charge in [0, 0.05) is 89.3 Å². The number of aromatic nitrogens is 6. The molecule has 12 rings (SSSR count). The molecule has 102 heavy (non-hydrogen) atoms. The van der Waals surface area contributed by atoms with Gasteiger partial charge in [-0.25, -0.2) is 0 Å². The Morgan fingerprint density at radius 3 is 0.392 bits per heavy atom. The lowest BCUT2D eigenvalue weighted by atomic mass is 9.89. The summed E-state index contributed by atoms with van der Waals surface area (Å²) in [5, 5.41) is 13.8. The van der Waals surface area contributed by atoms with E-state index in [0.29, 0.717) is 0 Å².